The van der Waals surface area contributed by atoms with Crippen LogP contribution in [0.1, 0.15) is 72.1 Å². The number of halogens is 1. The lowest BCUT2D eigenvalue weighted by molar-refractivity contribution is 0.408. The Morgan fingerprint density at radius 3 is 1.87 bits per heavy atom. The maximum absolute atomic E-state index is 3.87. The van der Waals surface area contributed by atoms with Crippen LogP contribution in [-0.4, -0.2) is 0 Å². The van der Waals surface area contributed by atoms with Gasteiger partial charge in [0.25, 0.3) is 0 Å². The van der Waals surface area contributed by atoms with E-state index >= 15 is 0 Å². The van der Waals surface area contributed by atoms with E-state index in [0.717, 1.165) is 0 Å². The maximum atomic E-state index is 3.87. The highest BCUT2D eigenvalue weighted by Gasteiger charge is 2.11. The summed E-state index contributed by atoms with van der Waals surface area (Å²) in [6, 6.07) is 0. The Kier molecular flexibility index (Phi) is 12.2. The molecule has 1 heteroatoms. The standard InChI is InChI=1S/C14H28.ClH/c1-5-7-8-9-10-11-12-13-14(3,4)6-2;/h6H,2,5,7-13H2,1,3-4H3;1H. The van der Waals surface area contributed by atoms with E-state index in [1.165, 1.54) is 51.4 Å². The van der Waals surface area contributed by atoms with Crippen molar-refractivity contribution >= 4 is 12.4 Å². The summed E-state index contributed by atoms with van der Waals surface area (Å²) in [4.78, 5) is 0. The molecule has 0 rings (SSSR count). The summed E-state index contributed by atoms with van der Waals surface area (Å²) in [5.74, 6) is 0. The van der Waals surface area contributed by atoms with Crippen LogP contribution in [0.3, 0.4) is 0 Å². The Bertz CT molecular complexity index is 138. The molecule has 0 aliphatic rings. The van der Waals surface area contributed by atoms with E-state index in [4.69, 9.17) is 0 Å². The summed E-state index contributed by atoms with van der Waals surface area (Å²) in [5, 5.41) is 0. The lowest BCUT2D eigenvalue weighted by atomic mass is 9.87. The molecular weight excluding hydrogens is 204 g/mol. The van der Waals surface area contributed by atoms with E-state index in [0.29, 0.717) is 5.41 Å². The second-order valence-corrected chi connectivity index (χ2v) is 5.06. The van der Waals surface area contributed by atoms with Gasteiger partial charge in [-0.05, 0) is 11.8 Å². The molecule has 0 heterocycles. The predicted octanol–water partition coefficient (Wildman–Crippen LogP) is 5.76. The van der Waals surface area contributed by atoms with Gasteiger partial charge in [-0.15, -0.1) is 19.0 Å². The van der Waals surface area contributed by atoms with Crippen molar-refractivity contribution < 1.29 is 0 Å². The van der Waals surface area contributed by atoms with Crippen molar-refractivity contribution in [2.24, 2.45) is 5.41 Å². The average molecular weight is 233 g/mol. The van der Waals surface area contributed by atoms with E-state index in [9.17, 15) is 0 Å². The first-order valence-electron chi connectivity index (χ1n) is 6.26. The first kappa shape index (κ1) is 17.4. The van der Waals surface area contributed by atoms with Crippen LogP contribution < -0.4 is 0 Å². The van der Waals surface area contributed by atoms with Gasteiger partial charge in [0.1, 0.15) is 0 Å². The minimum atomic E-state index is 0. The second kappa shape index (κ2) is 10.5. The van der Waals surface area contributed by atoms with Crippen molar-refractivity contribution in [3.63, 3.8) is 0 Å². The van der Waals surface area contributed by atoms with Gasteiger partial charge in [-0.2, -0.15) is 0 Å². The predicted molar refractivity (Wildman–Crippen MR) is 73.8 cm³/mol. The van der Waals surface area contributed by atoms with E-state index < -0.39 is 0 Å². The summed E-state index contributed by atoms with van der Waals surface area (Å²) in [6.45, 7) is 10.7. The molecule has 0 aliphatic carbocycles. The highest BCUT2D eigenvalue weighted by molar-refractivity contribution is 5.85. The van der Waals surface area contributed by atoms with Crippen LogP contribution >= 0.6 is 12.4 Å². The third-order valence-corrected chi connectivity index (χ3v) is 2.98. The van der Waals surface area contributed by atoms with Crippen molar-refractivity contribution in [2.75, 3.05) is 0 Å². The molecule has 0 atom stereocenters. The molecule has 0 aromatic carbocycles. The molecule has 0 N–H and O–H groups in total. The monoisotopic (exact) mass is 232 g/mol. The fourth-order valence-corrected chi connectivity index (χ4v) is 1.64. The highest BCUT2D eigenvalue weighted by atomic mass is 35.5. The minimum absolute atomic E-state index is 0. The Balaban J connectivity index is 0. The smallest absolute Gasteiger partial charge is 0.0178 e. The van der Waals surface area contributed by atoms with E-state index in [2.05, 4.69) is 33.4 Å². The van der Waals surface area contributed by atoms with Gasteiger partial charge in [0.15, 0.2) is 0 Å². The number of unbranched alkanes of at least 4 members (excludes halogenated alkanes) is 6. The highest BCUT2D eigenvalue weighted by Crippen LogP contribution is 2.24. The summed E-state index contributed by atoms with van der Waals surface area (Å²) in [7, 11) is 0. The Hall–Kier alpha value is 0.0300. The van der Waals surface area contributed by atoms with Gasteiger partial charge in [-0.3, -0.25) is 0 Å². The second-order valence-electron chi connectivity index (χ2n) is 5.06. The minimum Gasteiger partial charge on any atom is -0.147 e. The van der Waals surface area contributed by atoms with Gasteiger partial charge in [0, 0.05) is 0 Å². The van der Waals surface area contributed by atoms with Gasteiger partial charge in [-0.25, -0.2) is 0 Å². The molecule has 0 saturated carbocycles. The van der Waals surface area contributed by atoms with Crippen molar-refractivity contribution in [3.05, 3.63) is 12.7 Å². The number of hydrogen-bond acceptors (Lipinski definition) is 0. The average Bonchev–Trinajstić information content (AvgIpc) is 2.16. The molecule has 0 aliphatic heterocycles. The quantitative estimate of drug-likeness (QED) is 0.350. The van der Waals surface area contributed by atoms with E-state index in [1.807, 2.05) is 0 Å². The van der Waals surface area contributed by atoms with Crippen LogP contribution in [-0.2, 0) is 0 Å². The van der Waals surface area contributed by atoms with Gasteiger partial charge >= 0.3 is 0 Å². The third kappa shape index (κ3) is 12.0. The molecule has 0 spiro atoms. The Morgan fingerprint density at radius 2 is 1.40 bits per heavy atom. The summed E-state index contributed by atoms with van der Waals surface area (Å²) in [5.41, 5.74) is 0.351. The van der Waals surface area contributed by atoms with Gasteiger partial charge < -0.3 is 0 Å². The van der Waals surface area contributed by atoms with Crippen LogP contribution in [0, 0.1) is 5.41 Å². The SMILES string of the molecule is C=CC(C)(C)CCCCCCCCC.Cl. The van der Waals surface area contributed by atoms with E-state index in [-0.39, 0.29) is 12.4 Å². The molecule has 0 saturated heterocycles. The fraction of sp³-hybridized carbons (Fsp3) is 0.857. The van der Waals surface area contributed by atoms with Crippen LogP contribution in [0.15, 0.2) is 12.7 Å². The molecule has 0 nitrogen and oxygen atoms in total. The van der Waals surface area contributed by atoms with E-state index in [1.54, 1.807) is 0 Å². The van der Waals surface area contributed by atoms with Crippen molar-refractivity contribution in [3.8, 4) is 0 Å². The Morgan fingerprint density at radius 1 is 0.933 bits per heavy atom. The normalized spacial score (nSPS) is 10.9. The molecule has 0 fully saturated rings. The maximum Gasteiger partial charge on any atom is -0.0178 e. The van der Waals surface area contributed by atoms with Crippen LogP contribution in [0.4, 0.5) is 0 Å². The van der Waals surface area contributed by atoms with Crippen LogP contribution in [0.5, 0.6) is 0 Å². The lowest BCUT2D eigenvalue weighted by Crippen LogP contribution is -2.05. The lowest BCUT2D eigenvalue weighted by Gasteiger charge is -2.18. The molecule has 15 heavy (non-hydrogen) atoms. The molecule has 0 aromatic rings. The number of hydrogen-bond donors (Lipinski definition) is 0. The third-order valence-electron chi connectivity index (χ3n) is 2.98. The first-order valence-corrected chi connectivity index (χ1v) is 6.26. The molecule has 0 unspecified atom stereocenters. The zero-order valence-electron chi connectivity index (χ0n) is 10.8. The molecule has 0 bridgehead atoms. The molecular formula is C14H29Cl. The fourth-order valence-electron chi connectivity index (χ4n) is 1.64. The van der Waals surface area contributed by atoms with Crippen LogP contribution in [0.25, 0.3) is 0 Å². The van der Waals surface area contributed by atoms with Crippen molar-refractivity contribution in [1.29, 1.82) is 0 Å². The number of allylic oxidation sites excluding steroid dienone is 1. The van der Waals surface area contributed by atoms with Crippen molar-refractivity contribution in [1.82, 2.24) is 0 Å². The topological polar surface area (TPSA) is 0 Å². The van der Waals surface area contributed by atoms with Gasteiger partial charge in [-0.1, -0.05) is 71.8 Å². The summed E-state index contributed by atoms with van der Waals surface area (Å²) in [6.07, 6.45) is 13.2. The Labute approximate surface area is 103 Å². The van der Waals surface area contributed by atoms with Crippen molar-refractivity contribution in [2.45, 2.75) is 72.1 Å². The van der Waals surface area contributed by atoms with Crippen LogP contribution in [0.2, 0.25) is 0 Å². The molecule has 0 aromatic heterocycles. The largest absolute Gasteiger partial charge is 0.147 e. The van der Waals surface area contributed by atoms with Gasteiger partial charge in [0.2, 0.25) is 0 Å². The first-order chi connectivity index (χ1) is 6.62. The summed E-state index contributed by atoms with van der Waals surface area (Å²) >= 11 is 0. The zero-order chi connectivity index (χ0) is 10.9. The number of rotatable bonds is 9. The molecule has 92 valence electrons. The summed E-state index contributed by atoms with van der Waals surface area (Å²) < 4.78 is 0. The molecule has 0 amide bonds. The molecule has 0 radical (unpaired) electrons. The zero-order valence-corrected chi connectivity index (χ0v) is 11.7. The van der Waals surface area contributed by atoms with Gasteiger partial charge in [0.05, 0.1) is 0 Å².